The van der Waals surface area contributed by atoms with Crippen LogP contribution in [0.15, 0.2) is 48.6 Å². The fourth-order valence-electron chi connectivity index (χ4n) is 1.45. The maximum atomic E-state index is 4.48. The summed E-state index contributed by atoms with van der Waals surface area (Å²) in [5.74, 6) is 0. The molecule has 0 amide bonds. The number of allylic oxidation sites excluding steroid dienone is 6. The second-order valence-electron chi connectivity index (χ2n) is 4.12. The highest BCUT2D eigenvalue weighted by Gasteiger charge is 1.95. The Kier molecular flexibility index (Phi) is 6.02. The summed E-state index contributed by atoms with van der Waals surface area (Å²) in [6, 6.07) is 6.10. The van der Waals surface area contributed by atoms with Gasteiger partial charge in [0, 0.05) is 5.69 Å². The SMILES string of the molecule is CCC/C=C/C=C\C=C(/C)c1cccc(C)n1. The summed E-state index contributed by atoms with van der Waals surface area (Å²) in [6.07, 6.45) is 12.8. The van der Waals surface area contributed by atoms with Gasteiger partial charge in [-0.25, -0.2) is 0 Å². The van der Waals surface area contributed by atoms with Crippen molar-refractivity contribution in [1.82, 2.24) is 4.98 Å². The fourth-order valence-corrected chi connectivity index (χ4v) is 1.45. The van der Waals surface area contributed by atoms with E-state index in [1.54, 1.807) is 0 Å². The summed E-state index contributed by atoms with van der Waals surface area (Å²) < 4.78 is 0. The predicted octanol–water partition coefficient (Wildman–Crippen LogP) is 4.71. The molecule has 0 N–H and O–H groups in total. The first kappa shape index (κ1) is 13.4. The molecule has 0 radical (unpaired) electrons. The topological polar surface area (TPSA) is 12.9 Å². The fraction of sp³-hybridized carbons (Fsp3) is 0.312. The van der Waals surface area contributed by atoms with Gasteiger partial charge < -0.3 is 0 Å². The van der Waals surface area contributed by atoms with Crippen LogP contribution in [0, 0.1) is 6.92 Å². The Balaban J connectivity index is 2.60. The summed E-state index contributed by atoms with van der Waals surface area (Å²) in [6.45, 7) is 6.28. The van der Waals surface area contributed by atoms with Crippen molar-refractivity contribution in [3.63, 3.8) is 0 Å². The van der Waals surface area contributed by atoms with Crippen LogP contribution in [-0.4, -0.2) is 4.98 Å². The Bertz CT molecular complexity index is 425. The number of hydrogen-bond acceptors (Lipinski definition) is 1. The molecule has 0 aromatic carbocycles. The molecule has 0 aliphatic heterocycles. The van der Waals surface area contributed by atoms with Crippen LogP contribution in [0.5, 0.6) is 0 Å². The molecule has 0 aliphatic rings. The van der Waals surface area contributed by atoms with Gasteiger partial charge in [0.05, 0.1) is 5.69 Å². The Morgan fingerprint density at radius 1 is 1.24 bits per heavy atom. The minimum atomic E-state index is 1.05. The summed E-state index contributed by atoms with van der Waals surface area (Å²) in [4.78, 5) is 4.48. The largest absolute Gasteiger partial charge is 0.253 e. The van der Waals surface area contributed by atoms with Crippen LogP contribution in [0.4, 0.5) is 0 Å². The number of nitrogens with zero attached hydrogens (tertiary/aromatic N) is 1. The van der Waals surface area contributed by atoms with Gasteiger partial charge in [0.25, 0.3) is 0 Å². The van der Waals surface area contributed by atoms with E-state index in [4.69, 9.17) is 0 Å². The minimum Gasteiger partial charge on any atom is -0.253 e. The molecule has 1 nitrogen and oxygen atoms in total. The van der Waals surface area contributed by atoms with Gasteiger partial charge in [-0.15, -0.1) is 0 Å². The molecule has 0 atom stereocenters. The maximum Gasteiger partial charge on any atom is 0.0661 e. The standard InChI is InChI=1S/C16H21N/c1-4-5-6-7-8-9-11-14(2)16-13-10-12-15(3)17-16/h6-13H,4-5H2,1-3H3/b7-6+,9-8-,14-11+. The van der Waals surface area contributed by atoms with E-state index in [0.717, 1.165) is 17.8 Å². The van der Waals surface area contributed by atoms with Crippen LogP contribution in [-0.2, 0) is 0 Å². The number of hydrogen-bond donors (Lipinski definition) is 0. The third-order valence-corrected chi connectivity index (χ3v) is 2.45. The van der Waals surface area contributed by atoms with Gasteiger partial charge in [0.15, 0.2) is 0 Å². The number of pyridine rings is 1. The highest BCUT2D eigenvalue weighted by atomic mass is 14.7. The molecule has 0 fully saturated rings. The molecule has 1 rings (SSSR count). The number of aromatic nitrogens is 1. The zero-order valence-corrected chi connectivity index (χ0v) is 11.0. The molecule has 1 heteroatoms. The van der Waals surface area contributed by atoms with E-state index >= 15 is 0 Å². The lowest BCUT2D eigenvalue weighted by Crippen LogP contribution is -1.87. The van der Waals surface area contributed by atoms with Crippen LogP contribution in [0.3, 0.4) is 0 Å². The van der Waals surface area contributed by atoms with Gasteiger partial charge in [0.2, 0.25) is 0 Å². The predicted molar refractivity (Wildman–Crippen MR) is 75.8 cm³/mol. The minimum absolute atomic E-state index is 1.05. The smallest absolute Gasteiger partial charge is 0.0661 e. The number of aryl methyl sites for hydroxylation is 1. The quantitative estimate of drug-likeness (QED) is 0.664. The van der Waals surface area contributed by atoms with Crippen molar-refractivity contribution in [3.8, 4) is 0 Å². The highest BCUT2D eigenvalue weighted by Crippen LogP contribution is 2.11. The zero-order valence-electron chi connectivity index (χ0n) is 11.0. The number of rotatable bonds is 5. The van der Waals surface area contributed by atoms with E-state index in [9.17, 15) is 0 Å². The van der Waals surface area contributed by atoms with Gasteiger partial charge in [0.1, 0.15) is 0 Å². The Hall–Kier alpha value is -1.63. The molecule has 1 aromatic rings. The van der Waals surface area contributed by atoms with Crippen molar-refractivity contribution in [2.45, 2.75) is 33.6 Å². The van der Waals surface area contributed by atoms with Crippen LogP contribution in [0.25, 0.3) is 5.57 Å². The van der Waals surface area contributed by atoms with E-state index in [2.05, 4.69) is 49.2 Å². The van der Waals surface area contributed by atoms with Crippen molar-refractivity contribution in [2.75, 3.05) is 0 Å². The first-order chi connectivity index (χ1) is 8.24. The zero-order chi connectivity index (χ0) is 12.5. The lowest BCUT2D eigenvalue weighted by Gasteiger charge is -2.00. The molecule has 0 spiro atoms. The maximum absolute atomic E-state index is 4.48. The monoisotopic (exact) mass is 227 g/mol. The van der Waals surface area contributed by atoms with Gasteiger partial charge in [-0.05, 0) is 38.0 Å². The normalized spacial score (nSPS) is 12.8. The van der Waals surface area contributed by atoms with Gasteiger partial charge >= 0.3 is 0 Å². The van der Waals surface area contributed by atoms with E-state index < -0.39 is 0 Å². The molecule has 90 valence electrons. The molecule has 1 aromatic heterocycles. The second kappa shape index (κ2) is 7.61. The summed E-state index contributed by atoms with van der Waals surface area (Å²) in [5, 5.41) is 0. The van der Waals surface area contributed by atoms with Crippen molar-refractivity contribution in [3.05, 3.63) is 60.0 Å². The molecule has 0 bridgehead atoms. The average Bonchev–Trinajstić information content (AvgIpc) is 2.33. The number of unbranched alkanes of at least 4 members (excludes halogenated alkanes) is 1. The van der Waals surface area contributed by atoms with Crippen LogP contribution in [0.1, 0.15) is 38.1 Å². The van der Waals surface area contributed by atoms with Crippen molar-refractivity contribution in [2.24, 2.45) is 0 Å². The van der Waals surface area contributed by atoms with Crippen LogP contribution >= 0.6 is 0 Å². The van der Waals surface area contributed by atoms with Crippen LogP contribution < -0.4 is 0 Å². The van der Waals surface area contributed by atoms with E-state index in [0.29, 0.717) is 0 Å². The summed E-state index contributed by atoms with van der Waals surface area (Å²) in [7, 11) is 0. The molecule has 0 unspecified atom stereocenters. The molecular formula is C16H21N. The summed E-state index contributed by atoms with van der Waals surface area (Å²) in [5.41, 5.74) is 3.29. The van der Waals surface area contributed by atoms with Gasteiger partial charge in [-0.1, -0.05) is 49.8 Å². The molecule has 0 aliphatic carbocycles. The Labute approximate surface area is 105 Å². The van der Waals surface area contributed by atoms with Crippen LogP contribution in [0.2, 0.25) is 0 Å². The van der Waals surface area contributed by atoms with Gasteiger partial charge in [-0.2, -0.15) is 0 Å². The molecular weight excluding hydrogens is 206 g/mol. The summed E-state index contributed by atoms with van der Waals surface area (Å²) >= 11 is 0. The lowest BCUT2D eigenvalue weighted by atomic mass is 10.1. The Morgan fingerprint density at radius 3 is 2.76 bits per heavy atom. The third kappa shape index (κ3) is 5.30. The third-order valence-electron chi connectivity index (χ3n) is 2.45. The molecule has 0 saturated carbocycles. The molecule has 1 heterocycles. The van der Waals surface area contributed by atoms with E-state index in [1.807, 2.05) is 25.1 Å². The van der Waals surface area contributed by atoms with Crippen molar-refractivity contribution >= 4 is 5.57 Å². The second-order valence-corrected chi connectivity index (χ2v) is 4.12. The first-order valence-corrected chi connectivity index (χ1v) is 6.18. The van der Waals surface area contributed by atoms with Crippen molar-refractivity contribution < 1.29 is 0 Å². The van der Waals surface area contributed by atoms with Gasteiger partial charge in [-0.3, -0.25) is 4.98 Å². The highest BCUT2D eigenvalue weighted by molar-refractivity contribution is 5.62. The van der Waals surface area contributed by atoms with Crippen molar-refractivity contribution in [1.29, 1.82) is 0 Å². The molecule has 17 heavy (non-hydrogen) atoms. The van der Waals surface area contributed by atoms with E-state index in [-0.39, 0.29) is 0 Å². The average molecular weight is 227 g/mol. The molecule has 0 saturated heterocycles. The van der Waals surface area contributed by atoms with E-state index in [1.165, 1.54) is 12.0 Å². The Morgan fingerprint density at radius 2 is 2.06 bits per heavy atom. The first-order valence-electron chi connectivity index (χ1n) is 6.18. The lowest BCUT2D eigenvalue weighted by molar-refractivity contribution is 0.959.